The zero-order valence-corrected chi connectivity index (χ0v) is 7.78. The van der Waals surface area contributed by atoms with Crippen LogP contribution in [-0.2, 0) is 5.33 Å². The lowest BCUT2D eigenvalue weighted by atomic mass is 10.2. The fourth-order valence-electron chi connectivity index (χ4n) is 0.874. The van der Waals surface area contributed by atoms with Gasteiger partial charge in [-0.2, -0.15) is 4.39 Å². The highest BCUT2D eigenvalue weighted by Crippen LogP contribution is 2.26. The molecule has 6 heteroatoms. The van der Waals surface area contributed by atoms with Crippen LogP contribution in [0.4, 0.5) is 17.6 Å². The van der Waals surface area contributed by atoms with Crippen molar-refractivity contribution >= 4 is 15.9 Å². The first kappa shape index (κ1) is 10.4. The van der Waals surface area contributed by atoms with Crippen molar-refractivity contribution in [2.24, 2.45) is 0 Å². The van der Waals surface area contributed by atoms with E-state index in [2.05, 4.69) is 20.9 Å². The predicted molar refractivity (Wildman–Crippen MR) is 41.7 cm³/mol. The average Bonchev–Trinajstić information content (AvgIpc) is 2.01. The third kappa shape index (κ3) is 2.18. The molecule has 13 heavy (non-hydrogen) atoms. The molecule has 1 aromatic rings. The van der Waals surface area contributed by atoms with Gasteiger partial charge in [0.15, 0.2) is 0 Å². The second kappa shape index (κ2) is 4.04. The Labute approximate surface area is 79.9 Å². The van der Waals surface area contributed by atoms with Crippen molar-refractivity contribution in [1.82, 2.24) is 4.98 Å². The molecular weight excluding hydrogens is 254 g/mol. The van der Waals surface area contributed by atoms with Crippen LogP contribution in [0.5, 0.6) is 0 Å². The Morgan fingerprint density at radius 2 is 2.00 bits per heavy atom. The number of hydrogen-bond donors (Lipinski definition) is 0. The Hall–Kier alpha value is -0.650. The van der Waals surface area contributed by atoms with E-state index in [1.165, 1.54) is 0 Å². The molecule has 0 bridgehead atoms. The molecule has 0 radical (unpaired) electrons. The van der Waals surface area contributed by atoms with Gasteiger partial charge in [0.25, 0.3) is 6.43 Å². The number of hydrogen-bond acceptors (Lipinski definition) is 1. The van der Waals surface area contributed by atoms with E-state index in [0.29, 0.717) is 6.07 Å². The van der Waals surface area contributed by atoms with E-state index < -0.39 is 23.8 Å². The van der Waals surface area contributed by atoms with Gasteiger partial charge in [-0.1, -0.05) is 15.9 Å². The van der Waals surface area contributed by atoms with Gasteiger partial charge in [-0.05, 0) is 0 Å². The van der Waals surface area contributed by atoms with Crippen molar-refractivity contribution in [1.29, 1.82) is 0 Å². The van der Waals surface area contributed by atoms with Crippen LogP contribution in [0, 0.1) is 11.8 Å². The Morgan fingerprint density at radius 1 is 1.38 bits per heavy atom. The van der Waals surface area contributed by atoms with E-state index in [0.717, 1.165) is 0 Å². The lowest BCUT2D eigenvalue weighted by molar-refractivity contribution is 0.144. The van der Waals surface area contributed by atoms with Gasteiger partial charge in [-0.15, -0.1) is 0 Å². The van der Waals surface area contributed by atoms with Gasteiger partial charge in [-0.25, -0.2) is 18.2 Å². The highest BCUT2D eigenvalue weighted by molar-refractivity contribution is 9.08. The van der Waals surface area contributed by atoms with E-state index in [1.54, 1.807) is 0 Å². The predicted octanol–water partition coefficient (Wildman–Crippen LogP) is 3.19. The minimum atomic E-state index is -2.99. The van der Waals surface area contributed by atoms with Gasteiger partial charge in [0, 0.05) is 11.4 Å². The number of halogens is 5. The highest BCUT2D eigenvalue weighted by Gasteiger charge is 2.20. The normalized spacial score (nSPS) is 10.9. The van der Waals surface area contributed by atoms with Crippen molar-refractivity contribution < 1.29 is 17.6 Å². The highest BCUT2D eigenvalue weighted by atomic mass is 79.9. The van der Waals surface area contributed by atoms with Crippen LogP contribution in [0.2, 0.25) is 0 Å². The lowest BCUT2D eigenvalue weighted by Gasteiger charge is -2.06. The summed E-state index contributed by atoms with van der Waals surface area (Å²) in [5.74, 6) is -2.37. The van der Waals surface area contributed by atoms with Crippen molar-refractivity contribution in [2.45, 2.75) is 11.8 Å². The Bertz CT molecular complexity index is 316. The maximum Gasteiger partial charge on any atom is 0.268 e. The van der Waals surface area contributed by atoms with Crippen LogP contribution in [-0.4, -0.2) is 4.98 Å². The SMILES string of the molecule is Fc1cc(F)c(C(F)F)c(CBr)n1. The van der Waals surface area contributed by atoms with Gasteiger partial charge >= 0.3 is 0 Å². The molecule has 0 aromatic carbocycles. The molecule has 0 spiro atoms. The molecule has 0 amide bonds. The number of nitrogens with zero attached hydrogens (tertiary/aromatic N) is 1. The van der Waals surface area contributed by atoms with Crippen molar-refractivity contribution in [2.75, 3.05) is 0 Å². The molecule has 1 rings (SSSR count). The van der Waals surface area contributed by atoms with Crippen molar-refractivity contribution in [3.05, 3.63) is 29.1 Å². The summed E-state index contributed by atoms with van der Waals surface area (Å²) in [7, 11) is 0. The molecule has 1 aromatic heterocycles. The molecule has 0 aliphatic heterocycles. The Balaban J connectivity index is 3.30. The first-order chi connectivity index (χ1) is 6.06. The molecule has 0 unspecified atom stereocenters. The fraction of sp³-hybridized carbons (Fsp3) is 0.286. The van der Waals surface area contributed by atoms with Crippen LogP contribution in [0.3, 0.4) is 0 Å². The molecular formula is C7H4BrF4N. The van der Waals surface area contributed by atoms with Crippen LogP contribution in [0.1, 0.15) is 17.7 Å². The van der Waals surface area contributed by atoms with E-state index >= 15 is 0 Å². The summed E-state index contributed by atoms with van der Waals surface area (Å²) in [5, 5.41) is -0.110. The monoisotopic (exact) mass is 257 g/mol. The van der Waals surface area contributed by atoms with Gasteiger partial charge in [0.05, 0.1) is 11.3 Å². The summed E-state index contributed by atoms with van der Waals surface area (Å²) in [6.45, 7) is 0. The summed E-state index contributed by atoms with van der Waals surface area (Å²) >= 11 is 2.82. The zero-order valence-electron chi connectivity index (χ0n) is 6.20. The summed E-state index contributed by atoms with van der Waals surface area (Å²) in [4.78, 5) is 3.14. The number of alkyl halides is 3. The molecule has 0 aliphatic rings. The molecule has 0 N–H and O–H groups in total. The smallest absolute Gasteiger partial charge is 0.223 e. The van der Waals surface area contributed by atoms with Crippen LogP contribution in [0.15, 0.2) is 6.07 Å². The van der Waals surface area contributed by atoms with Crippen LogP contribution >= 0.6 is 15.9 Å². The lowest BCUT2D eigenvalue weighted by Crippen LogP contribution is -2.02. The van der Waals surface area contributed by atoms with Crippen molar-refractivity contribution in [3.8, 4) is 0 Å². The summed E-state index contributed by atoms with van der Waals surface area (Å²) < 4.78 is 49.6. The number of rotatable bonds is 2. The molecule has 0 fully saturated rings. The molecule has 0 saturated carbocycles. The molecule has 0 atom stereocenters. The standard InChI is InChI=1S/C7H4BrF4N/c8-2-4-6(7(11)12)3(9)1-5(10)13-4/h1,7H,2H2. The number of pyridine rings is 1. The average molecular weight is 258 g/mol. The summed E-state index contributed by atoms with van der Waals surface area (Å²) in [5.41, 5.74) is -1.16. The molecule has 1 heterocycles. The Morgan fingerprint density at radius 3 is 2.46 bits per heavy atom. The number of aromatic nitrogens is 1. The third-order valence-corrected chi connectivity index (χ3v) is 1.93. The summed E-state index contributed by atoms with van der Waals surface area (Å²) in [6.07, 6.45) is -2.99. The van der Waals surface area contributed by atoms with Gasteiger partial charge in [-0.3, -0.25) is 0 Å². The van der Waals surface area contributed by atoms with E-state index in [4.69, 9.17) is 0 Å². The second-order valence-electron chi connectivity index (χ2n) is 2.22. The summed E-state index contributed by atoms with van der Waals surface area (Å²) in [6, 6.07) is 0.341. The topological polar surface area (TPSA) is 12.9 Å². The minimum absolute atomic E-state index is 0.110. The second-order valence-corrected chi connectivity index (χ2v) is 2.78. The third-order valence-electron chi connectivity index (χ3n) is 1.40. The maximum atomic E-state index is 12.8. The van der Waals surface area contributed by atoms with E-state index in [-0.39, 0.29) is 11.0 Å². The van der Waals surface area contributed by atoms with Crippen molar-refractivity contribution in [3.63, 3.8) is 0 Å². The zero-order chi connectivity index (χ0) is 10.0. The fourth-order valence-corrected chi connectivity index (χ4v) is 1.30. The molecule has 0 saturated heterocycles. The quantitative estimate of drug-likeness (QED) is 0.451. The van der Waals surface area contributed by atoms with Crippen LogP contribution < -0.4 is 0 Å². The van der Waals surface area contributed by atoms with Gasteiger partial charge < -0.3 is 0 Å². The minimum Gasteiger partial charge on any atom is -0.223 e. The largest absolute Gasteiger partial charge is 0.268 e. The van der Waals surface area contributed by atoms with E-state index in [1.807, 2.05) is 0 Å². The first-order valence-electron chi connectivity index (χ1n) is 3.25. The van der Waals surface area contributed by atoms with Crippen LogP contribution in [0.25, 0.3) is 0 Å². The molecule has 0 aliphatic carbocycles. The maximum absolute atomic E-state index is 12.8. The molecule has 72 valence electrons. The van der Waals surface area contributed by atoms with E-state index in [9.17, 15) is 17.6 Å². The van der Waals surface area contributed by atoms with Gasteiger partial charge in [0.1, 0.15) is 5.82 Å². The van der Waals surface area contributed by atoms with Gasteiger partial charge in [0.2, 0.25) is 5.95 Å². The molecule has 1 nitrogen and oxygen atoms in total. The Kier molecular flexibility index (Phi) is 3.24. The first-order valence-corrected chi connectivity index (χ1v) is 4.37.